The second kappa shape index (κ2) is 7.33. The highest BCUT2D eigenvalue weighted by atomic mass is 32.2. The second-order valence-electron chi connectivity index (χ2n) is 6.64. The predicted octanol–water partition coefficient (Wildman–Crippen LogP) is 3.50. The Morgan fingerprint density at radius 2 is 2.11 bits per heavy atom. The Balaban J connectivity index is 2.00. The summed E-state index contributed by atoms with van der Waals surface area (Å²) in [5.41, 5.74) is 6.55. The molecule has 0 radical (unpaired) electrons. The van der Waals surface area contributed by atoms with Crippen molar-refractivity contribution in [3.05, 3.63) is 0 Å². The van der Waals surface area contributed by atoms with Gasteiger partial charge in [-0.05, 0) is 44.4 Å². The van der Waals surface area contributed by atoms with E-state index in [-0.39, 0.29) is 0 Å². The summed E-state index contributed by atoms with van der Waals surface area (Å²) in [5.74, 6) is 3.62. The normalized spacial score (nSPS) is 36.6. The average molecular weight is 285 g/mol. The van der Waals surface area contributed by atoms with Crippen LogP contribution < -0.4 is 5.73 Å². The number of likely N-dealkylation sites (N-methyl/N-ethyl adjacent to an activating group) is 1. The number of hydrogen-bond donors (Lipinski definition) is 1. The van der Waals surface area contributed by atoms with Gasteiger partial charge in [-0.1, -0.05) is 32.6 Å². The molecule has 1 saturated heterocycles. The van der Waals surface area contributed by atoms with Gasteiger partial charge in [-0.25, -0.2) is 0 Å². The van der Waals surface area contributed by atoms with E-state index >= 15 is 0 Å². The van der Waals surface area contributed by atoms with E-state index in [9.17, 15) is 0 Å². The Morgan fingerprint density at radius 1 is 1.26 bits per heavy atom. The Kier molecular flexibility index (Phi) is 6.04. The molecule has 3 atom stereocenters. The van der Waals surface area contributed by atoms with Gasteiger partial charge >= 0.3 is 0 Å². The molecule has 2 nitrogen and oxygen atoms in total. The van der Waals surface area contributed by atoms with Crippen LogP contribution in [0.25, 0.3) is 0 Å². The summed E-state index contributed by atoms with van der Waals surface area (Å²) in [6.45, 7) is 3.17. The van der Waals surface area contributed by atoms with Gasteiger partial charge in [0.15, 0.2) is 0 Å². The van der Waals surface area contributed by atoms with Crippen molar-refractivity contribution >= 4 is 11.8 Å². The molecule has 0 bridgehead atoms. The van der Waals surface area contributed by atoms with Crippen LogP contribution in [0, 0.1) is 5.92 Å². The van der Waals surface area contributed by atoms with E-state index in [4.69, 9.17) is 5.73 Å². The lowest BCUT2D eigenvalue weighted by molar-refractivity contribution is 0.0712. The number of nitrogens with two attached hydrogens (primary N) is 1. The van der Waals surface area contributed by atoms with Crippen molar-refractivity contribution in [3.8, 4) is 0 Å². The maximum absolute atomic E-state index is 6.25. The molecule has 19 heavy (non-hydrogen) atoms. The minimum absolute atomic E-state index is 0.304. The van der Waals surface area contributed by atoms with Gasteiger partial charge in [-0.15, -0.1) is 0 Å². The zero-order valence-corrected chi connectivity index (χ0v) is 13.7. The highest BCUT2D eigenvalue weighted by molar-refractivity contribution is 7.99. The van der Waals surface area contributed by atoms with Crippen LogP contribution in [-0.4, -0.2) is 41.6 Å². The van der Waals surface area contributed by atoms with E-state index in [1.807, 2.05) is 0 Å². The van der Waals surface area contributed by atoms with Crippen molar-refractivity contribution in [2.75, 3.05) is 25.1 Å². The number of thioether (sulfide) groups is 1. The molecule has 1 saturated carbocycles. The quantitative estimate of drug-likeness (QED) is 0.784. The highest BCUT2D eigenvalue weighted by Crippen LogP contribution is 2.38. The summed E-state index contributed by atoms with van der Waals surface area (Å²) in [6.07, 6.45) is 11.0. The van der Waals surface area contributed by atoms with E-state index in [0.29, 0.717) is 5.54 Å². The van der Waals surface area contributed by atoms with Crippen LogP contribution >= 0.6 is 11.8 Å². The molecule has 2 aliphatic rings. The topological polar surface area (TPSA) is 29.3 Å². The van der Waals surface area contributed by atoms with E-state index in [2.05, 4.69) is 30.6 Å². The lowest BCUT2D eigenvalue weighted by atomic mass is 9.86. The van der Waals surface area contributed by atoms with Gasteiger partial charge in [-0.3, -0.25) is 4.90 Å². The molecule has 112 valence electrons. The smallest absolute Gasteiger partial charge is 0.0332 e. The SMILES string of the molecule is CCCC1CCCC(CN)(N(C)C2CCSC2)CC1. The number of hydrogen-bond acceptors (Lipinski definition) is 3. The standard InChI is InChI=1S/C16H32N2S/c1-3-5-14-6-4-9-16(13-17,10-7-14)18(2)15-8-11-19-12-15/h14-15H,3-13,17H2,1-2H3. The van der Waals surface area contributed by atoms with E-state index in [1.54, 1.807) is 0 Å². The van der Waals surface area contributed by atoms with E-state index < -0.39 is 0 Å². The minimum Gasteiger partial charge on any atom is -0.329 e. The first-order valence-corrected chi connectivity index (χ1v) is 9.38. The summed E-state index contributed by atoms with van der Waals surface area (Å²) in [5, 5.41) is 0. The highest BCUT2D eigenvalue weighted by Gasteiger charge is 2.39. The van der Waals surface area contributed by atoms with E-state index in [1.165, 1.54) is 62.9 Å². The van der Waals surface area contributed by atoms with Crippen LogP contribution in [-0.2, 0) is 0 Å². The fourth-order valence-electron chi connectivity index (χ4n) is 4.07. The molecular formula is C16H32N2S. The zero-order valence-electron chi connectivity index (χ0n) is 12.9. The first kappa shape index (κ1) is 15.7. The Hall–Kier alpha value is 0.270. The Morgan fingerprint density at radius 3 is 2.74 bits per heavy atom. The number of nitrogens with zero attached hydrogens (tertiary/aromatic N) is 1. The second-order valence-corrected chi connectivity index (χ2v) is 7.79. The van der Waals surface area contributed by atoms with Crippen molar-refractivity contribution in [1.29, 1.82) is 0 Å². The molecule has 0 aromatic carbocycles. The van der Waals surface area contributed by atoms with Crippen LogP contribution in [0.3, 0.4) is 0 Å². The van der Waals surface area contributed by atoms with Crippen molar-refractivity contribution in [3.63, 3.8) is 0 Å². The van der Waals surface area contributed by atoms with Crippen molar-refractivity contribution in [2.45, 2.75) is 69.9 Å². The monoisotopic (exact) mass is 284 g/mol. The lowest BCUT2D eigenvalue weighted by Gasteiger charge is -2.44. The molecule has 1 aliphatic heterocycles. The fourth-order valence-corrected chi connectivity index (χ4v) is 5.34. The molecule has 2 fully saturated rings. The van der Waals surface area contributed by atoms with Gasteiger partial charge in [0.05, 0.1) is 0 Å². The third-order valence-electron chi connectivity index (χ3n) is 5.55. The summed E-state index contributed by atoms with van der Waals surface area (Å²) >= 11 is 2.12. The molecule has 1 aliphatic carbocycles. The van der Waals surface area contributed by atoms with Crippen LogP contribution in [0.5, 0.6) is 0 Å². The van der Waals surface area contributed by atoms with Gasteiger partial charge in [0, 0.05) is 23.9 Å². The Bertz CT molecular complexity index is 265. The Labute approximate surface area is 123 Å². The van der Waals surface area contributed by atoms with Gasteiger partial charge in [-0.2, -0.15) is 11.8 Å². The maximum Gasteiger partial charge on any atom is 0.0332 e. The molecule has 3 unspecified atom stereocenters. The summed E-state index contributed by atoms with van der Waals surface area (Å²) in [6, 6.07) is 0.774. The van der Waals surface area contributed by atoms with Crippen LogP contribution in [0.15, 0.2) is 0 Å². The molecule has 2 N–H and O–H groups in total. The predicted molar refractivity (Wildman–Crippen MR) is 86.8 cm³/mol. The van der Waals surface area contributed by atoms with Crippen LogP contribution in [0.1, 0.15) is 58.3 Å². The first-order chi connectivity index (χ1) is 9.22. The lowest BCUT2D eigenvalue weighted by Crippen LogP contribution is -2.55. The van der Waals surface area contributed by atoms with Gasteiger partial charge in [0.2, 0.25) is 0 Å². The molecule has 0 aromatic rings. The summed E-state index contributed by atoms with van der Waals surface area (Å²) in [7, 11) is 2.35. The van der Waals surface area contributed by atoms with Crippen LogP contribution in [0.2, 0.25) is 0 Å². The van der Waals surface area contributed by atoms with Crippen molar-refractivity contribution in [1.82, 2.24) is 4.90 Å². The fraction of sp³-hybridized carbons (Fsp3) is 1.00. The summed E-state index contributed by atoms with van der Waals surface area (Å²) < 4.78 is 0. The third kappa shape index (κ3) is 3.68. The first-order valence-electron chi connectivity index (χ1n) is 8.22. The van der Waals surface area contributed by atoms with Gasteiger partial charge < -0.3 is 5.73 Å². The largest absolute Gasteiger partial charge is 0.329 e. The molecule has 0 spiro atoms. The minimum atomic E-state index is 0.304. The summed E-state index contributed by atoms with van der Waals surface area (Å²) in [4.78, 5) is 2.68. The van der Waals surface area contributed by atoms with Gasteiger partial charge in [0.25, 0.3) is 0 Å². The van der Waals surface area contributed by atoms with Gasteiger partial charge in [0.1, 0.15) is 0 Å². The average Bonchev–Trinajstić information content (AvgIpc) is 2.88. The third-order valence-corrected chi connectivity index (χ3v) is 6.70. The molecule has 1 heterocycles. The molecule has 0 aromatic heterocycles. The van der Waals surface area contributed by atoms with Crippen molar-refractivity contribution in [2.24, 2.45) is 11.7 Å². The molecule has 3 heteroatoms. The van der Waals surface area contributed by atoms with E-state index in [0.717, 1.165) is 18.5 Å². The maximum atomic E-state index is 6.25. The molecule has 0 amide bonds. The molecule has 2 rings (SSSR count). The number of rotatable bonds is 5. The van der Waals surface area contributed by atoms with Crippen LogP contribution in [0.4, 0.5) is 0 Å². The van der Waals surface area contributed by atoms with Crippen molar-refractivity contribution < 1.29 is 0 Å². The zero-order chi connectivity index (χ0) is 13.7. The molecular weight excluding hydrogens is 252 g/mol.